The number of rotatable bonds is 4. The number of nitrogens with zero attached hydrogens (tertiary/aromatic N) is 3. The maximum absolute atomic E-state index is 14.3. The molecule has 2 aromatic carbocycles. The Bertz CT molecular complexity index is 862. The molecule has 0 aliphatic carbocycles. The highest BCUT2D eigenvalue weighted by Gasteiger charge is 2.23. The van der Waals surface area contributed by atoms with Crippen molar-refractivity contribution in [2.24, 2.45) is 0 Å². The predicted octanol–water partition coefficient (Wildman–Crippen LogP) is 3.25. The van der Waals surface area contributed by atoms with Gasteiger partial charge >= 0.3 is 0 Å². The van der Waals surface area contributed by atoms with Gasteiger partial charge < -0.3 is 5.11 Å². The second-order valence-corrected chi connectivity index (χ2v) is 6.44. The van der Waals surface area contributed by atoms with Gasteiger partial charge in [0.2, 0.25) is 0 Å². The molecule has 2 heterocycles. The van der Waals surface area contributed by atoms with Gasteiger partial charge in [0.1, 0.15) is 11.5 Å². The summed E-state index contributed by atoms with van der Waals surface area (Å²) in [4.78, 5) is 2.18. The van der Waals surface area contributed by atoms with E-state index in [1.165, 1.54) is 6.07 Å². The number of aromatic nitrogens is 2. The molecule has 4 rings (SSSR count). The summed E-state index contributed by atoms with van der Waals surface area (Å²) in [6, 6.07) is 16.5. The summed E-state index contributed by atoms with van der Waals surface area (Å²) in [6.45, 7) is 2.13. The maximum Gasteiger partial charge on any atom is 0.132 e. The van der Waals surface area contributed by atoms with E-state index in [9.17, 15) is 9.50 Å². The van der Waals surface area contributed by atoms with E-state index in [2.05, 4.69) is 10.00 Å². The summed E-state index contributed by atoms with van der Waals surface area (Å²) in [6.07, 6.45) is 2.46. The van der Waals surface area contributed by atoms with Gasteiger partial charge in [-0.1, -0.05) is 30.3 Å². The van der Waals surface area contributed by atoms with Crippen LogP contribution < -0.4 is 0 Å². The van der Waals surface area contributed by atoms with E-state index < -0.39 is 0 Å². The molecule has 1 aliphatic rings. The minimum Gasteiger partial charge on any atom is -0.392 e. The molecule has 0 spiro atoms. The zero-order chi connectivity index (χ0) is 17.2. The smallest absolute Gasteiger partial charge is 0.132 e. The molecule has 1 unspecified atom stereocenters. The summed E-state index contributed by atoms with van der Waals surface area (Å²) in [5, 5.41) is 14.4. The zero-order valence-electron chi connectivity index (χ0n) is 13.8. The molecule has 0 bridgehead atoms. The molecule has 0 saturated carbocycles. The normalized spacial score (nSPS) is 17.9. The van der Waals surface area contributed by atoms with Crippen LogP contribution in [0.2, 0.25) is 0 Å². The quantitative estimate of drug-likeness (QED) is 0.795. The zero-order valence-corrected chi connectivity index (χ0v) is 13.8. The first-order valence-electron chi connectivity index (χ1n) is 8.50. The monoisotopic (exact) mass is 337 g/mol. The molecular formula is C20H20FN3O. The van der Waals surface area contributed by atoms with Crippen LogP contribution in [0.15, 0.2) is 60.8 Å². The Hall–Kier alpha value is -2.50. The van der Waals surface area contributed by atoms with Gasteiger partial charge in [0.05, 0.1) is 11.8 Å². The van der Waals surface area contributed by atoms with Crippen molar-refractivity contribution in [3.05, 3.63) is 72.2 Å². The topological polar surface area (TPSA) is 41.3 Å². The molecule has 25 heavy (non-hydrogen) atoms. The first kappa shape index (κ1) is 16.0. The lowest BCUT2D eigenvalue weighted by molar-refractivity contribution is 0.175. The molecule has 1 fully saturated rings. The van der Waals surface area contributed by atoms with Crippen molar-refractivity contribution in [2.45, 2.75) is 19.1 Å². The fraction of sp³-hybridized carbons (Fsp3) is 0.250. The predicted molar refractivity (Wildman–Crippen MR) is 94.9 cm³/mol. The third-order valence-electron chi connectivity index (χ3n) is 4.58. The second kappa shape index (κ2) is 6.78. The summed E-state index contributed by atoms with van der Waals surface area (Å²) in [5.74, 6) is -0.275. The van der Waals surface area contributed by atoms with Gasteiger partial charge in [-0.3, -0.25) is 4.90 Å². The SMILES string of the molecule is OC1CCN(Cc2cn(-c3ccccc3)nc2-c2ccccc2F)C1. The van der Waals surface area contributed by atoms with Gasteiger partial charge in [0.15, 0.2) is 0 Å². The number of para-hydroxylation sites is 1. The first-order valence-corrected chi connectivity index (χ1v) is 8.50. The lowest BCUT2D eigenvalue weighted by atomic mass is 10.1. The van der Waals surface area contributed by atoms with Crippen molar-refractivity contribution in [1.29, 1.82) is 0 Å². The van der Waals surface area contributed by atoms with Crippen LogP contribution in [0, 0.1) is 5.82 Å². The number of hydrogen-bond donors (Lipinski definition) is 1. The van der Waals surface area contributed by atoms with Crippen molar-refractivity contribution in [3.63, 3.8) is 0 Å². The third-order valence-corrected chi connectivity index (χ3v) is 4.58. The molecule has 4 nitrogen and oxygen atoms in total. The average Bonchev–Trinajstić information content (AvgIpc) is 3.23. The van der Waals surface area contributed by atoms with Crippen molar-refractivity contribution in [1.82, 2.24) is 14.7 Å². The Morgan fingerprint density at radius 2 is 1.84 bits per heavy atom. The van der Waals surface area contributed by atoms with Crippen molar-refractivity contribution in [3.8, 4) is 16.9 Å². The Morgan fingerprint density at radius 3 is 2.56 bits per heavy atom. The fourth-order valence-electron chi connectivity index (χ4n) is 3.32. The van der Waals surface area contributed by atoms with Crippen molar-refractivity contribution >= 4 is 0 Å². The molecule has 1 atom stereocenters. The molecule has 5 heteroatoms. The van der Waals surface area contributed by atoms with Crippen molar-refractivity contribution in [2.75, 3.05) is 13.1 Å². The van der Waals surface area contributed by atoms with E-state index >= 15 is 0 Å². The first-order chi connectivity index (χ1) is 12.2. The Kier molecular flexibility index (Phi) is 4.34. The van der Waals surface area contributed by atoms with Crippen LogP contribution in [0.1, 0.15) is 12.0 Å². The van der Waals surface area contributed by atoms with Crippen LogP contribution >= 0.6 is 0 Å². The standard InChI is InChI=1S/C20H20FN3O/c21-19-9-5-4-8-18(19)20-15(12-23-11-10-17(25)14-23)13-24(22-20)16-6-2-1-3-7-16/h1-9,13,17,25H,10-12,14H2. The van der Waals surface area contributed by atoms with Crippen LogP contribution in [-0.4, -0.2) is 39.0 Å². The summed E-state index contributed by atoms with van der Waals surface area (Å²) >= 11 is 0. The van der Waals surface area contributed by atoms with Gasteiger partial charge in [-0.15, -0.1) is 0 Å². The summed E-state index contributed by atoms with van der Waals surface area (Å²) in [7, 11) is 0. The fourth-order valence-corrected chi connectivity index (χ4v) is 3.32. The highest BCUT2D eigenvalue weighted by atomic mass is 19.1. The lowest BCUT2D eigenvalue weighted by Crippen LogP contribution is -2.21. The third kappa shape index (κ3) is 3.34. The number of halogens is 1. The molecule has 1 N–H and O–H groups in total. The average molecular weight is 337 g/mol. The molecule has 1 aliphatic heterocycles. The van der Waals surface area contributed by atoms with E-state index in [0.29, 0.717) is 24.3 Å². The number of aliphatic hydroxyl groups excluding tert-OH is 1. The molecule has 0 amide bonds. The molecular weight excluding hydrogens is 317 g/mol. The Balaban J connectivity index is 1.75. The minimum absolute atomic E-state index is 0.275. The number of β-amino-alcohol motifs (C(OH)–C–C–N with tert-alkyl or cyclic N) is 1. The molecule has 1 aromatic heterocycles. The van der Waals surface area contributed by atoms with E-state index in [0.717, 1.165) is 24.2 Å². The van der Waals surface area contributed by atoms with Crippen LogP contribution in [0.25, 0.3) is 16.9 Å². The molecule has 128 valence electrons. The largest absolute Gasteiger partial charge is 0.392 e. The van der Waals surface area contributed by atoms with Crippen LogP contribution in [0.4, 0.5) is 4.39 Å². The maximum atomic E-state index is 14.3. The number of aliphatic hydroxyl groups is 1. The van der Waals surface area contributed by atoms with Gasteiger partial charge in [0.25, 0.3) is 0 Å². The van der Waals surface area contributed by atoms with Gasteiger partial charge in [-0.2, -0.15) is 5.10 Å². The molecule has 0 radical (unpaired) electrons. The Morgan fingerprint density at radius 1 is 1.08 bits per heavy atom. The number of benzene rings is 2. The van der Waals surface area contributed by atoms with E-state index in [-0.39, 0.29) is 11.9 Å². The summed E-state index contributed by atoms with van der Waals surface area (Å²) < 4.78 is 16.1. The summed E-state index contributed by atoms with van der Waals surface area (Å²) in [5.41, 5.74) is 3.06. The minimum atomic E-state index is -0.277. The van der Waals surface area contributed by atoms with Gasteiger partial charge in [0, 0.05) is 37.0 Å². The Labute approximate surface area is 146 Å². The highest BCUT2D eigenvalue weighted by molar-refractivity contribution is 5.64. The van der Waals surface area contributed by atoms with Crippen LogP contribution in [0.3, 0.4) is 0 Å². The van der Waals surface area contributed by atoms with Gasteiger partial charge in [-0.25, -0.2) is 9.07 Å². The lowest BCUT2D eigenvalue weighted by Gasteiger charge is -2.14. The van der Waals surface area contributed by atoms with Crippen LogP contribution in [0.5, 0.6) is 0 Å². The van der Waals surface area contributed by atoms with E-state index in [4.69, 9.17) is 0 Å². The number of likely N-dealkylation sites (tertiary alicyclic amines) is 1. The number of hydrogen-bond acceptors (Lipinski definition) is 3. The highest BCUT2D eigenvalue weighted by Crippen LogP contribution is 2.28. The van der Waals surface area contributed by atoms with E-state index in [1.807, 2.05) is 42.6 Å². The van der Waals surface area contributed by atoms with Gasteiger partial charge in [-0.05, 0) is 30.7 Å². The second-order valence-electron chi connectivity index (χ2n) is 6.44. The molecule has 1 saturated heterocycles. The molecule has 3 aromatic rings. The van der Waals surface area contributed by atoms with Crippen LogP contribution in [-0.2, 0) is 6.54 Å². The van der Waals surface area contributed by atoms with E-state index in [1.54, 1.807) is 16.8 Å². The van der Waals surface area contributed by atoms with Crippen molar-refractivity contribution < 1.29 is 9.50 Å².